The second kappa shape index (κ2) is 10.2. The van der Waals surface area contributed by atoms with Gasteiger partial charge in [-0.3, -0.25) is 9.89 Å². The normalized spacial score (nSPS) is 24.7. The van der Waals surface area contributed by atoms with Gasteiger partial charge < -0.3 is 15.4 Å². The van der Waals surface area contributed by atoms with Gasteiger partial charge in [-0.15, -0.1) is 35.3 Å². The van der Waals surface area contributed by atoms with E-state index in [9.17, 15) is 0 Å². The maximum Gasteiger partial charge on any atom is 0.191 e. The van der Waals surface area contributed by atoms with E-state index in [2.05, 4.69) is 47.8 Å². The molecule has 0 amide bonds. The quantitative estimate of drug-likeness (QED) is 0.364. The number of ether oxygens (including phenoxy) is 1. The van der Waals surface area contributed by atoms with Gasteiger partial charge in [0.1, 0.15) is 0 Å². The summed E-state index contributed by atoms with van der Waals surface area (Å²) in [5.41, 5.74) is 1.42. The highest BCUT2D eigenvalue weighted by atomic mass is 127. The highest BCUT2D eigenvalue weighted by molar-refractivity contribution is 14.0. The molecule has 1 saturated heterocycles. The van der Waals surface area contributed by atoms with Gasteiger partial charge in [0, 0.05) is 43.7 Å². The first kappa shape index (κ1) is 21.9. The summed E-state index contributed by atoms with van der Waals surface area (Å²) in [7, 11) is 0. The SMILES string of the molecule is CCNC(=NCC1(C)CCCO1)NCC(C)N1CCc2sccc2C1.I. The molecule has 26 heavy (non-hydrogen) atoms. The maximum atomic E-state index is 5.85. The molecule has 2 unspecified atom stereocenters. The van der Waals surface area contributed by atoms with Crippen LogP contribution in [0.1, 0.15) is 44.1 Å². The van der Waals surface area contributed by atoms with Gasteiger partial charge in [-0.05, 0) is 57.0 Å². The number of hydrogen-bond acceptors (Lipinski definition) is 4. The predicted molar refractivity (Wildman–Crippen MR) is 121 cm³/mol. The molecular weight excluding hydrogens is 459 g/mol. The number of aliphatic imine (C=N–C) groups is 1. The lowest BCUT2D eigenvalue weighted by atomic mass is 10.0. The van der Waals surface area contributed by atoms with Crippen molar-refractivity contribution in [2.75, 3.05) is 32.8 Å². The van der Waals surface area contributed by atoms with Gasteiger partial charge in [0.05, 0.1) is 12.1 Å². The van der Waals surface area contributed by atoms with Crippen LogP contribution in [-0.4, -0.2) is 55.3 Å². The lowest BCUT2D eigenvalue weighted by molar-refractivity contribution is 0.0283. The fourth-order valence-corrected chi connectivity index (χ4v) is 4.46. The molecule has 0 saturated carbocycles. The van der Waals surface area contributed by atoms with Gasteiger partial charge in [0.2, 0.25) is 0 Å². The summed E-state index contributed by atoms with van der Waals surface area (Å²) >= 11 is 1.90. The molecule has 7 heteroatoms. The van der Waals surface area contributed by atoms with E-state index in [1.54, 1.807) is 4.88 Å². The molecule has 148 valence electrons. The first-order valence-electron chi connectivity index (χ1n) is 9.55. The molecule has 3 rings (SSSR count). The largest absolute Gasteiger partial charge is 0.373 e. The van der Waals surface area contributed by atoms with E-state index < -0.39 is 0 Å². The molecular formula is C19H33IN4OS. The number of nitrogens with zero attached hydrogens (tertiary/aromatic N) is 2. The third kappa shape index (κ3) is 5.81. The molecule has 0 aliphatic carbocycles. The zero-order chi connectivity index (χ0) is 17.7. The molecule has 3 heterocycles. The van der Waals surface area contributed by atoms with E-state index in [4.69, 9.17) is 9.73 Å². The lowest BCUT2D eigenvalue weighted by Gasteiger charge is -2.33. The standard InChI is InChI=1S/C19H32N4OS.HI/c1-4-20-18(22-14-19(3)8-5-10-24-19)21-12-15(2)23-9-6-17-16(13-23)7-11-25-17;/h7,11,15H,4-6,8-10,12-14H2,1-3H3,(H2,20,21,22);1H. The number of nitrogens with one attached hydrogen (secondary N) is 2. The third-order valence-corrected chi connectivity index (χ3v) is 6.26. The molecule has 2 aliphatic heterocycles. The minimum absolute atomic E-state index is 0. The predicted octanol–water partition coefficient (Wildman–Crippen LogP) is 3.24. The Kier molecular flexibility index (Phi) is 8.63. The van der Waals surface area contributed by atoms with Gasteiger partial charge in [0.15, 0.2) is 5.96 Å². The zero-order valence-electron chi connectivity index (χ0n) is 16.2. The minimum Gasteiger partial charge on any atom is -0.373 e. The molecule has 5 nitrogen and oxygen atoms in total. The first-order chi connectivity index (χ1) is 12.1. The molecule has 1 fully saturated rings. The Hall–Kier alpha value is -0.380. The smallest absolute Gasteiger partial charge is 0.191 e. The van der Waals surface area contributed by atoms with Crippen LogP contribution >= 0.6 is 35.3 Å². The van der Waals surface area contributed by atoms with Gasteiger partial charge in [0.25, 0.3) is 0 Å². The van der Waals surface area contributed by atoms with Crippen LogP contribution in [0.3, 0.4) is 0 Å². The Balaban J connectivity index is 0.00000243. The average molecular weight is 492 g/mol. The second-order valence-corrected chi connectivity index (χ2v) is 8.42. The number of thiophene rings is 1. The van der Waals surface area contributed by atoms with Crippen molar-refractivity contribution in [3.8, 4) is 0 Å². The van der Waals surface area contributed by atoms with Crippen LogP contribution in [0, 0.1) is 0 Å². The molecule has 0 spiro atoms. The summed E-state index contributed by atoms with van der Waals surface area (Å²) in [6.07, 6.45) is 3.43. The van der Waals surface area contributed by atoms with Gasteiger partial charge in [-0.25, -0.2) is 0 Å². The molecule has 0 aromatic carbocycles. The molecule has 1 aromatic heterocycles. The fraction of sp³-hybridized carbons (Fsp3) is 0.737. The first-order valence-corrected chi connectivity index (χ1v) is 10.4. The van der Waals surface area contributed by atoms with Gasteiger partial charge in [-0.1, -0.05) is 0 Å². The number of rotatable bonds is 6. The summed E-state index contributed by atoms with van der Waals surface area (Å²) in [5.74, 6) is 0.902. The Labute approximate surface area is 179 Å². The number of guanidine groups is 1. The monoisotopic (exact) mass is 492 g/mol. The molecule has 1 aromatic rings. The zero-order valence-corrected chi connectivity index (χ0v) is 19.4. The van der Waals surface area contributed by atoms with E-state index in [1.807, 2.05) is 11.3 Å². The van der Waals surface area contributed by atoms with Crippen molar-refractivity contribution in [1.82, 2.24) is 15.5 Å². The highest BCUT2D eigenvalue weighted by Crippen LogP contribution is 2.26. The summed E-state index contributed by atoms with van der Waals surface area (Å²) in [6, 6.07) is 2.76. The lowest BCUT2D eigenvalue weighted by Crippen LogP contribution is -2.47. The average Bonchev–Trinajstić information content (AvgIpc) is 3.25. The minimum atomic E-state index is -0.0871. The molecule has 2 aliphatic rings. The number of fused-ring (bicyclic) bond motifs is 1. The van der Waals surface area contributed by atoms with Crippen LogP contribution in [-0.2, 0) is 17.7 Å². The molecule has 0 bridgehead atoms. The van der Waals surface area contributed by atoms with Crippen molar-refractivity contribution in [3.63, 3.8) is 0 Å². The van der Waals surface area contributed by atoms with Crippen LogP contribution in [0.4, 0.5) is 0 Å². The maximum absolute atomic E-state index is 5.85. The van der Waals surface area contributed by atoms with Crippen LogP contribution in [0.2, 0.25) is 0 Å². The number of halogens is 1. The van der Waals surface area contributed by atoms with Crippen molar-refractivity contribution >= 4 is 41.3 Å². The van der Waals surface area contributed by atoms with E-state index in [0.29, 0.717) is 6.04 Å². The van der Waals surface area contributed by atoms with Crippen LogP contribution < -0.4 is 10.6 Å². The van der Waals surface area contributed by atoms with Crippen LogP contribution in [0.5, 0.6) is 0 Å². The third-order valence-electron chi connectivity index (χ3n) is 5.24. The Morgan fingerprint density at radius 2 is 2.31 bits per heavy atom. The second-order valence-electron chi connectivity index (χ2n) is 7.42. The van der Waals surface area contributed by atoms with Gasteiger partial charge in [-0.2, -0.15) is 0 Å². The van der Waals surface area contributed by atoms with Crippen LogP contribution in [0.25, 0.3) is 0 Å². The summed E-state index contributed by atoms with van der Waals surface area (Å²) in [4.78, 5) is 8.89. The highest BCUT2D eigenvalue weighted by Gasteiger charge is 2.29. The molecule has 2 N–H and O–H groups in total. The molecule has 0 radical (unpaired) electrons. The van der Waals surface area contributed by atoms with E-state index in [0.717, 1.165) is 58.1 Å². The summed E-state index contributed by atoms with van der Waals surface area (Å²) in [5, 5.41) is 9.10. The van der Waals surface area contributed by atoms with Crippen molar-refractivity contribution in [2.24, 2.45) is 4.99 Å². The van der Waals surface area contributed by atoms with E-state index in [1.165, 1.54) is 12.0 Å². The summed E-state index contributed by atoms with van der Waals surface area (Å²) in [6.45, 7) is 12.2. The fourth-order valence-electron chi connectivity index (χ4n) is 3.57. The Bertz CT molecular complexity index is 586. The topological polar surface area (TPSA) is 48.9 Å². The van der Waals surface area contributed by atoms with Crippen molar-refractivity contribution < 1.29 is 4.74 Å². The van der Waals surface area contributed by atoms with E-state index in [-0.39, 0.29) is 29.6 Å². The van der Waals surface area contributed by atoms with Crippen molar-refractivity contribution in [1.29, 1.82) is 0 Å². The van der Waals surface area contributed by atoms with Gasteiger partial charge >= 0.3 is 0 Å². The van der Waals surface area contributed by atoms with Crippen molar-refractivity contribution in [3.05, 3.63) is 21.9 Å². The summed E-state index contributed by atoms with van der Waals surface area (Å²) < 4.78 is 5.85. The molecule has 2 atom stereocenters. The Morgan fingerprint density at radius 1 is 1.46 bits per heavy atom. The number of hydrogen-bond donors (Lipinski definition) is 2. The van der Waals surface area contributed by atoms with E-state index >= 15 is 0 Å². The Morgan fingerprint density at radius 3 is 3.04 bits per heavy atom. The van der Waals surface area contributed by atoms with Crippen LogP contribution in [0.15, 0.2) is 16.4 Å². The van der Waals surface area contributed by atoms with Crippen molar-refractivity contribution in [2.45, 2.75) is 58.2 Å².